The summed E-state index contributed by atoms with van der Waals surface area (Å²) in [5.74, 6) is 0.388. The van der Waals surface area contributed by atoms with E-state index in [1.54, 1.807) is 30.3 Å². The van der Waals surface area contributed by atoms with E-state index in [-0.39, 0.29) is 6.04 Å². The largest absolute Gasteiger partial charge is 0.364 e. The highest BCUT2D eigenvalue weighted by molar-refractivity contribution is 6.29. The summed E-state index contributed by atoms with van der Waals surface area (Å²) in [7, 11) is 1.72. The van der Waals surface area contributed by atoms with Gasteiger partial charge in [-0.15, -0.1) is 0 Å². The molecule has 0 amide bonds. The Balaban J connectivity index is 2.98. The minimum absolute atomic E-state index is 0.0823. The molecule has 1 aromatic heterocycles. The van der Waals surface area contributed by atoms with Crippen molar-refractivity contribution in [1.82, 2.24) is 10.3 Å². The van der Waals surface area contributed by atoms with Gasteiger partial charge in [-0.25, -0.2) is 4.98 Å². The summed E-state index contributed by atoms with van der Waals surface area (Å²) in [5.41, 5.74) is 0.709. The van der Waals surface area contributed by atoms with E-state index in [0.717, 1.165) is 6.20 Å². The van der Waals surface area contributed by atoms with Crippen molar-refractivity contribution in [3.8, 4) is 0 Å². The first-order valence-corrected chi connectivity index (χ1v) is 5.75. The predicted molar refractivity (Wildman–Crippen MR) is 71.0 cm³/mol. The van der Waals surface area contributed by atoms with Crippen LogP contribution in [0, 0.1) is 10.1 Å². The summed E-state index contributed by atoms with van der Waals surface area (Å²) in [4.78, 5) is 15.7. The van der Waals surface area contributed by atoms with Crippen molar-refractivity contribution < 1.29 is 4.92 Å². The molecule has 0 spiro atoms. The minimum atomic E-state index is -0.495. The van der Waals surface area contributed by atoms with Crippen LogP contribution in [0.5, 0.6) is 0 Å². The van der Waals surface area contributed by atoms with Crippen LogP contribution in [-0.2, 0) is 0 Å². The fourth-order valence-electron chi connectivity index (χ4n) is 1.32. The lowest BCUT2D eigenvalue weighted by Gasteiger charge is -2.23. The molecule has 0 saturated heterocycles. The topological polar surface area (TPSA) is 71.3 Å². The molecule has 7 heteroatoms. The number of hydrogen-bond acceptors (Lipinski definition) is 5. The Bertz CT molecular complexity index is 445. The molecule has 0 atom stereocenters. The van der Waals surface area contributed by atoms with Crippen molar-refractivity contribution in [3.05, 3.63) is 45.6 Å². The lowest BCUT2D eigenvalue weighted by molar-refractivity contribution is -0.403. The molecule has 0 unspecified atom stereocenters. The van der Waals surface area contributed by atoms with Gasteiger partial charge >= 0.3 is 0 Å². The molecule has 0 fully saturated rings. The van der Waals surface area contributed by atoms with Gasteiger partial charge in [-0.2, -0.15) is 0 Å². The Morgan fingerprint density at radius 2 is 2.28 bits per heavy atom. The van der Waals surface area contributed by atoms with Gasteiger partial charge in [0.15, 0.2) is 5.82 Å². The zero-order valence-corrected chi connectivity index (χ0v) is 11.2. The molecule has 1 rings (SSSR count). The molecule has 0 bridgehead atoms. The predicted octanol–water partition coefficient (Wildman–Crippen LogP) is 2.24. The summed E-state index contributed by atoms with van der Waals surface area (Å²) in [5, 5.41) is 14.0. The molecule has 1 heterocycles. The average Bonchev–Trinajstić information content (AvgIpc) is 2.27. The maximum atomic E-state index is 10.6. The normalized spacial score (nSPS) is 11.5. The van der Waals surface area contributed by atoms with Crippen molar-refractivity contribution in [3.63, 3.8) is 0 Å². The third-order valence-corrected chi connectivity index (χ3v) is 2.35. The van der Waals surface area contributed by atoms with Gasteiger partial charge in [-0.1, -0.05) is 11.6 Å². The van der Waals surface area contributed by atoms with Gasteiger partial charge in [0.1, 0.15) is 5.15 Å². The highest BCUT2D eigenvalue weighted by Gasteiger charge is 2.12. The van der Waals surface area contributed by atoms with Gasteiger partial charge < -0.3 is 10.2 Å². The number of rotatable bonds is 5. The lowest BCUT2D eigenvalue weighted by Crippen LogP contribution is -2.33. The third-order valence-electron chi connectivity index (χ3n) is 2.12. The van der Waals surface area contributed by atoms with E-state index >= 15 is 0 Å². The van der Waals surface area contributed by atoms with E-state index < -0.39 is 4.92 Å². The average molecular weight is 271 g/mol. The number of nitro groups is 1. The standard InChI is InChI=1S/C11H15ClN4O2/c1-8(2)14-11(7-16(17)18)15(3)9-4-5-10(12)13-6-9/h4-8,14H,1-3H3/b11-7+. The molecule has 0 aromatic carbocycles. The Morgan fingerprint density at radius 1 is 1.61 bits per heavy atom. The molecule has 6 nitrogen and oxygen atoms in total. The summed E-state index contributed by atoms with van der Waals surface area (Å²) < 4.78 is 0. The number of hydrogen-bond donors (Lipinski definition) is 1. The molecule has 18 heavy (non-hydrogen) atoms. The Hall–Kier alpha value is -1.82. The van der Waals surface area contributed by atoms with Crippen molar-refractivity contribution in [1.29, 1.82) is 0 Å². The minimum Gasteiger partial charge on any atom is -0.364 e. The monoisotopic (exact) mass is 270 g/mol. The van der Waals surface area contributed by atoms with Crippen molar-refractivity contribution >= 4 is 17.3 Å². The maximum Gasteiger partial charge on any atom is 0.274 e. The molecule has 0 aliphatic carbocycles. The smallest absolute Gasteiger partial charge is 0.274 e. The fraction of sp³-hybridized carbons (Fsp3) is 0.364. The van der Waals surface area contributed by atoms with Crippen LogP contribution >= 0.6 is 11.6 Å². The van der Waals surface area contributed by atoms with Crippen LogP contribution in [0.2, 0.25) is 5.15 Å². The first-order chi connectivity index (χ1) is 8.40. The van der Waals surface area contributed by atoms with Crippen LogP contribution in [0.25, 0.3) is 0 Å². The highest BCUT2D eigenvalue weighted by atomic mass is 35.5. The Kier molecular flexibility index (Phi) is 4.91. The van der Waals surface area contributed by atoms with Gasteiger partial charge in [0.2, 0.25) is 0 Å². The van der Waals surface area contributed by atoms with Crippen LogP contribution in [0.3, 0.4) is 0 Å². The van der Waals surface area contributed by atoms with Crippen LogP contribution in [0.1, 0.15) is 13.8 Å². The summed E-state index contributed by atoms with van der Waals surface area (Å²) in [6.45, 7) is 3.81. The second-order valence-corrected chi connectivity index (χ2v) is 4.38. The van der Waals surface area contributed by atoms with Crippen LogP contribution in [0.4, 0.5) is 5.69 Å². The first kappa shape index (κ1) is 14.2. The maximum absolute atomic E-state index is 10.6. The summed E-state index contributed by atoms with van der Waals surface area (Å²) in [6.07, 6.45) is 2.48. The van der Waals surface area contributed by atoms with Crippen molar-refractivity contribution in [2.45, 2.75) is 19.9 Å². The zero-order chi connectivity index (χ0) is 13.7. The van der Waals surface area contributed by atoms with Gasteiger partial charge in [-0.05, 0) is 26.0 Å². The quantitative estimate of drug-likeness (QED) is 0.505. The first-order valence-electron chi connectivity index (χ1n) is 5.37. The molecule has 98 valence electrons. The molecule has 1 aromatic rings. The molecule has 0 aliphatic heterocycles. The molecular formula is C11H15ClN4O2. The third kappa shape index (κ3) is 4.21. The van der Waals surface area contributed by atoms with E-state index in [9.17, 15) is 10.1 Å². The van der Waals surface area contributed by atoms with E-state index in [1.807, 2.05) is 13.8 Å². The van der Waals surface area contributed by atoms with Gasteiger partial charge in [-0.3, -0.25) is 10.1 Å². The second-order valence-electron chi connectivity index (χ2n) is 4.00. The molecule has 1 N–H and O–H groups in total. The number of nitrogens with one attached hydrogen (secondary N) is 1. The van der Waals surface area contributed by atoms with E-state index in [2.05, 4.69) is 10.3 Å². The van der Waals surface area contributed by atoms with Crippen LogP contribution < -0.4 is 10.2 Å². The van der Waals surface area contributed by atoms with Gasteiger partial charge in [0.25, 0.3) is 6.20 Å². The Labute approximate surface area is 110 Å². The number of anilines is 1. The van der Waals surface area contributed by atoms with Crippen molar-refractivity contribution in [2.24, 2.45) is 0 Å². The molecular weight excluding hydrogens is 256 g/mol. The summed E-state index contributed by atoms with van der Waals surface area (Å²) >= 11 is 5.70. The van der Waals surface area contributed by atoms with Crippen LogP contribution in [-0.4, -0.2) is 23.0 Å². The van der Waals surface area contributed by atoms with Gasteiger partial charge in [0.05, 0.1) is 16.8 Å². The van der Waals surface area contributed by atoms with Gasteiger partial charge in [0, 0.05) is 13.1 Å². The van der Waals surface area contributed by atoms with E-state index in [1.165, 1.54) is 0 Å². The zero-order valence-electron chi connectivity index (χ0n) is 10.4. The van der Waals surface area contributed by atoms with E-state index in [4.69, 9.17) is 11.6 Å². The number of nitrogens with zero attached hydrogens (tertiary/aromatic N) is 3. The molecule has 0 aliphatic rings. The second kappa shape index (κ2) is 6.20. The van der Waals surface area contributed by atoms with Crippen LogP contribution in [0.15, 0.2) is 30.4 Å². The SMILES string of the molecule is CC(C)N/C(=C\[N+](=O)[O-])N(C)c1ccc(Cl)nc1. The number of pyridine rings is 1. The Morgan fingerprint density at radius 3 is 2.72 bits per heavy atom. The fourth-order valence-corrected chi connectivity index (χ4v) is 1.43. The molecule has 0 radical (unpaired) electrons. The highest BCUT2D eigenvalue weighted by Crippen LogP contribution is 2.17. The molecule has 0 saturated carbocycles. The summed E-state index contributed by atoms with van der Waals surface area (Å²) in [6, 6.07) is 3.46. The number of aromatic nitrogens is 1. The number of halogens is 1. The van der Waals surface area contributed by atoms with Crippen molar-refractivity contribution in [2.75, 3.05) is 11.9 Å². The lowest BCUT2D eigenvalue weighted by atomic mass is 10.3. The van der Waals surface area contributed by atoms with E-state index in [0.29, 0.717) is 16.7 Å².